The summed E-state index contributed by atoms with van der Waals surface area (Å²) in [4.78, 5) is 0. The van der Waals surface area contributed by atoms with Gasteiger partial charge in [-0.1, -0.05) is 149 Å². The molecule has 0 aromatic carbocycles. The number of nitrogens with zero attached hydrogens (tertiary/aromatic N) is 2. The molecule has 0 fully saturated rings. The number of aryl methyl sites for hydroxylation is 2. The van der Waals surface area contributed by atoms with Crippen molar-refractivity contribution in [2.24, 2.45) is 0 Å². The average molecular weight is 490 g/mol. The van der Waals surface area contributed by atoms with Crippen molar-refractivity contribution < 1.29 is 4.57 Å². The summed E-state index contributed by atoms with van der Waals surface area (Å²) in [6.07, 6.45) is 40.1. The average Bonchev–Trinajstić information content (AvgIpc) is 3.24. The van der Waals surface area contributed by atoms with Crippen molar-refractivity contribution in [2.45, 2.75) is 194 Å². The second kappa shape index (κ2) is 24.9. The van der Waals surface area contributed by atoms with Crippen LogP contribution in [0.2, 0.25) is 0 Å². The summed E-state index contributed by atoms with van der Waals surface area (Å²) in [6.45, 7) is 9.32. The molecule has 0 aliphatic rings. The maximum Gasteiger partial charge on any atom is 0.256 e. The lowest BCUT2D eigenvalue weighted by atomic mass is 10.0. The zero-order valence-electron chi connectivity index (χ0n) is 24.6. The van der Waals surface area contributed by atoms with E-state index in [0.29, 0.717) is 0 Å². The number of unbranched alkanes of at least 4 members (excludes halogenated alkanes) is 21. The Morgan fingerprint density at radius 1 is 0.486 bits per heavy atom. The van der Waals surface area contributed by atoms with Crippen molar-refractivity contribution in [3.8, 4) is 0 Å². The van der Waals surface area contributed by atoms with Crippen LogP contribution in [0.5, 0.6) is 0 Å². The molecule has 0 aliphatic carbocycles. The van der Waals surface area contributed by atoms with Crippen LogP contribution in [0.25, 0.3) is 0 Å². The fourth-order valence-electron chi connectivity index (χ4n) is 5.50. The van der Waals surface area contributed by atoms with Crippen LogP contribution in [-0.4, -0.2) is 4.57 Å². The lowest BCUT2D eigenvalue weighted by molar-refractivity contribution is -0.704. The van der Waals surface area contributed by atoms with E-state index in [4.69, 9.17) is 0 Å². The molecule has 206 valence electrons. The lowest BCUT2D eigenvalue weighted by Crippen LogP contribution is -2.37. The number of rotatable bonds is 27. The van der Waals surface area contributed by atoms with Gasteiger partial charge in [-0.15, -0.1) is 0 Å². The molecule has 1 aromatic rings. The largest absolute Gasteiger partial charge is 0.256 e. The summed E-state index contributed by atoms with van der Waals surface area (Å²) in [5.74, 6) is 1.59. The Labute approximate surface area is 221 Å². The van der Waals surface area contributed by atoms with Gasteiger partial charge in [0.15, 0.2) is 0 Å². The summed E-state index contributed by atoms with van der Waals surface area (Å²) >= 11 is 0. The molecule has 0 saturated heterocycles. The van der Waals surface area contributed by atoms with Crippen molar-refractivity contribution in [3.63, 3.8) is 0 Å². The van der Waals surface area contributed by atoms with Gasteiger partial charge >= 0.3 is 0 Å². The Balaban J connectivity index is 2.09. The predicted octanol–water partition coefficient (Wildman–Crippen LogP) is 10.7. The summed E-state index contributed by atoms with van der Waals surface area (Å²) in [6, 6.07) is 0. The molecule has 0 aliphatic heterocycles. The van der Waals surface area contributed by atoms with E-state index in [9.17, 15) is 0 Å². The van der Waals surface area contributed by atoms with E-state index in [1.807, 2.05) is 0 Å². The van der Waals surface area contributed by atoms with E-state index in [0.717, 1.165) is 0 Å². The highest BCUT2D eigenvalue weighted by atomic mass is 15.1. The van der Waals surface area contributed by atoms with E-state index in [2.05, 4.69) is 42.3 Å². The molecule has 1 heterocycles. The summed E-state index contributed by atoms with van der Waals surface area (Å²) < 4.78 is 5.12. The van der Waals surface area contributed by atoms with E-state index in [1.54, 1.807) is 5.82 Å². The van der Waals surface area contributed by atoms with E-state index in [1.165, 1.54) is 174 Å². The van der Waals surface area contributed by atoms with Crippen molar-refractivity contribution in [1.82, 2.24) is 4.57 Å². The third-order valence-electron chi connectivity index (χ3n) is 7.81. The zero-order chi connectivity index (χ0) is 25.2. The van der Waals surface area contributed by atoms with Gasteiger partial charge in [0.05, 0.1) is 13.1 Å². The van der Waals surface area contributed by atoms with E-state index in [-0.39, 0.29) is 0 Å². The molecule has 0 bridgehead atoms. The van der Waals surface area contributed by atoms with Gasteiger partial charge in [0.1, 0.15) is 12.4 Å². The first-order valence-corrected chi connectivity index (χ1v) is 16.4. The predicted molar refractivity (Wildman–Crippen MR) is 156 cm³/mol. The topological polar surface area (TPSA) is 8.81 Å². The van der Waals surface area contributed by atoms with Crippen LogP contribution in [0.1, 0.15) is 181 Å². The minimum Gasteiger partial charge on any atom is -0.234 e. The van der Waals surface area contributed by atoms with Gasteiger partial charge in [0.2, 0.25) is 0 Å². The van der Waals surface area contributed by atoms with Crippen LogP contribution in [0, 0.1) is 0 Å². The van der Waals surface area contributed by atoms with Crippen LogP contribution in [0.4, 0.5) is 0 Å². The molecule has 1 aromatic heterocycles. The number of imidazole rings is 1. The Kier molecular flexibility index (Phi) is 22.9. The molecule has 2 heteroatoms. The second-order valence-electron chi connectivity index (χ2n) is 11.3. The Bertz CT molecular complexity index is 547. The Morgan fingerprint density at radius 2 is 0.886 bits per heavy atom. The Hall–Kier alpha value is -0.790. The van der Waals surface area contributed by atoms with Crippen LogP contribution >= 0.6 is 0 Å². The van der Waals surface area contributed by atoms with Gasteiger partial charge in [-0.2, -0.15) is 0 Å². The molecule has 2 nitrogen and oxygen atoms in total. The standard InChI is InChI=1S/C33H65N2/c1-4-7-9-11-13-15-16-17-18-19-21-23-25-27-30-35-32-31-34(29-6-3)33(35)28-26-24-22-20-14-12-10-8-5-2/h31-32H,4-30H2,1-3H3/q+1. The molecular weight excluding hydrogens is 424 g/mol. The van der Waals surface area contributed by atoms with E-state index < -0.39 is 0 Å². The SMILES string of the molecule is CCCCCCCCCCCCCCCC[n+]1ccn(CCC)c1CCCCCCCCCCC. The summed E-state index contributed by atoms with van der Waals surface area (Å²) in [5.41, 5.74) is 0. The monoisotopic (exact) mass is 490 g/mol. The van der Waals surface area contributed by atoms with Crippen molar-refractivity contribution >= 4 is 0 Å². The van der Waals surface area contributed by atoms with Gasteiger partial charge in [-0.25, -0.2) is 9.13 Å². The van der Waals surface area contributed by atoms with Crippen LogP contribution < -0.4 is 4.57 Å². The van der Waals surface area contributed by atoms with E-state index >= 15 is 0 Å². The molecule has 35 heavy (non-hydrogen) atoms. The minimum absolute atomic E-state index is 1.18. The second-order valence-corrected chi connectivity index (χ2v) is 11.3. The number of hydrogen-bond acceptors (Lipinski definition) is 0. The Morgan fingerprint density at radius 3 is 1.31 bits per heavy atom. The quantitative estimate of drug-likeness (QED) is 0.0858. The van der Waals surface area contributed by atoms with Gasteiger partial charge in [0.25, 0.3) is 5.82 Å². The molecule has 0 radical (unpaired) electrons. The van der Waals surface area contributed by atoms with Crippen molar-refractivity contribution in [2.75, 3.05) is 0 Å². The third-order valence-corrected chi connectivity index (χ3v) is 7.81. The fraction of sp³-hybridized carbons (Fsp3) is 0.909. The molecule has 0 spiro atoms. The first-order chi connectivity index (χ1) is 17.3. The first kappa shape index (κ1) is 32.2. The normalized spacial score (nSPS) is 11.5. The highest BCUT2D eigenvalue weighted by Crippen LogP contribution is 2.14. The summed E-state index contributed by atoms with van der Waals surface area (Å²) in [5, 5.41) is 0. The first-order valence-electron chi connectivity index (χ1n) is 16.4. The number of aromatic nitrogens is 2. The number of hydrogen-bond donors (Lipinski definition) is 0. The lowest BCUT2D eigenvalue weighted by Gasteiger charge is -2.06. The molecule has 0 N–H and O–H groups in total. The van der Waals surface area contributed by atoms with Gasteiger partial charge in [-0.3, -0.25) is 0 Å². The van der Waals surface area contributed by atoms with Crippen LogP contribution in [0.3, 0.4) is 0 Å². The van der Waals surface area contributed by atoms with Crippen molar-refractivity contribution in [1.29, 1.82) is 0 Å². The molecule has 0 saturated carbocycles. The maximum atomic E-state index is 2.58. The minimum atomic E-state index is 1.18. The van der Waals surface area contributed by atoms with Gasteiger partial charge in [-0.05, 0) is 25.7 Å². The zero-order valence-corrected chi connectivity index (χ0v) is 24.6. The molecule has 0 atom stereocenters. The van der Waals surface area contributed by atoms with Crippen LogP contribution in [-0.2, 0) is 19.5 Å². The maximum absolute atomic E-state index is 2.58. The smallest absolute Gasteiger partial charge is 0.234 e. The third kappa shape index (κ3) is 18.2. The summed E-state index contributed by atoms with van der Waals surface area (Å²) in [7, 11) is 0. The molecular formula is C33H65N2+. The molecule has 1 rings (SSSR count). The molecule has 0 amide bonds. The van der Waals surface area contributed by atoms with Gasteiger partial charge < -0.3 is 0 Å². The fourth-order valence-corrected chi connectivity index (χ4v) is 5.50. The highest BCUT2D eigenvalue weighted by molar-refractivity contribution is 4.84. The van der Waals surface area contributed by atoms with Gasteiger partial charge in [0, 0.05) is 6.42 Å². The van der Waals surface area contributed by atoms with Crippen LogP contribution in [0.15, 0.2) is 12.4 Å². The molecule has 0 unspecified atom stereocenters. The van der Waals surface area contributed by atoms with Crippen molar-refractivity contribution in [3.05, 3.63) is 18.2 Å². The highest BCUT2D eigenvalue weighted by Gasteiger charge is 2.15.